The molecule has 2 unspecified atom stereocenters. The summed E-state index contributed by atoms with van der Waals surface area (Å²) in [6, 6.07) is 42.5. The number of fused-ring (bicyclic) bond motifs is 6. The Kier molecular flexibility index (Phi) is 9.83. The fourth-order valence-corrected chi connectivity index (χ4v) is 13.0. The summed E-state index contributed by atoms with van der Waals surface area (Å²) in [4.78, 5) is 0. The smallest absolute Gasteiger partial charge is 0.0664 e. The monoisotopic (exact) mass is 855 g/mol. The van der Waals surface area contributed by atoms with Gasteiger partial charge in [-0.3, -0.25) is 0 Å². The molecule has 0 fully saturated rings. The summed E-state index contributed by atoms with van der Waals surface area (Å²) in [6.07, 6.45) is 4.83. The highest BCUT2D eigenvalue weighted by atomic mass is 14.5. The lowest BCUT2D eigenvalue weighted by Gasteiger charge is -2.47. The Balaban J connectivity index is 1.35. The zero-order chi connectivity index (χ0) is 46.6. The van der Waals surface area contributed by atoms with Crippen LogP contribution in [-0.4, -0.2) is 6.71 Å². The Bertz CT molecular complexity index is 2920. The third-order valence-electron chi connectivity index (χ3n) is 17.4. The first-order chi connectivity index (χ1) is 30.3. The second-order valence-electron chi connectivity index (χ2n) is 26.0. The fourth-order valence-electron chi connectivity index (χ4n) is 13.0. The largest absolute Gasteiger partial charge is 0.242 e. The van der Waals surface area contributed by atoms with E-state index in [-0.39, 0.29) is 51.0 Å². The lowest BCUT2D eigenvalue weighted by Crippen LogP contribution is -2.63. The minimum absolute atomic E-state index is 0.0197. The molecule has 0 aromatic heterocycles. The fraction of sp³-hybridized carbons (Fsp3) is 0.438. The molecule has 0 saturated heterocycles. The number of rotatable bonds is 3. The van der Waals surface area contributed by atoms with Crippen LogP contribution in [-0.2, 0) is 32.5 Å². The van der Waals surface area contributed by atoms with Crippen molar-refractivity contribution in [1.29, 1.82) is 0 Å². The molecule has 0 spiro atoms. The van der Waals surface area contributed by atoms with Gasteiger partial charge in [-0.1, -0.05) is 222 Å². The maximum atomic E-state index is 2.75. The van der Waals surface area contributed by atoms with Crippen LogP contribution in [0.2, 0.25) is 0 Å². The van der Waals surface area contributed by atoms with Gasteiger partial charge in [-0.25, -0.2) is 0 Å². The van der Waals surface area contributed by atoms with Gasteiger partial charge >= 0.3 is 0 Å². The lowest BCUT2D eigenvalue weighted by atomic mass is 9.28. The van der Waals surface area contributed by atoms with Crippen molar-refractivity contribution in [1.82, 2.24) is 0 Å². The minimum Gasteiger partial charge on any atom is -0.0664 e. The van der Waals surface area contributed by atoms with Gasteiger partial charge in [0, 0.05) is 11.8 Å². The highest BCUT2D eigenvalue weighted by Crippen LogP contribution is 2.52. The first kappa shape index (κ1) is 44.2. The van der Waals surface area contributed by atoms with E-state index in [1.807, 2.05) is 0 Å². The topological polar surface area (TPSA) is 0 Å². The molecule has 10 rings (SSSR count). The van der Waals surface area contributed by atoms with Gasteiger partial charge in [-0.05, 0) is 155 Å². The van der Waals surface area contributed by atoms with Crippen molar-refractivity contribution < 1.29 is 0 Å². The third kappa shape index (κ3) is 6.98. The molecule has 0 radical (unpaired) electrons. The second-order valence-corrected chi connectivity index (χ2v) is 26.0. The molecule has 4 aliphatic rings. The molecular formula is C64H75B. The average Bonchev–Trinajstić information content (AvgIpc) is 3.23. The van der Waals surface area contributed by atoms with Crippen LogP contribution in [0, 0.1) is 13.8 Å². The highest BCUT2D eigenvalue weighted by Gasteiger charge is 2.48. The van der Waals surface area contributed by atoms with Crippen LogP contribution in [0.25, 0.3) is 11.1 Å². The lowest BCUT2D eigenvalue weighted by molar-refractivity contribution is 0.331. The van der Waals surface area contributed by atoms with Crippen LogP contribution in [0.4, 0.5) is 0 Å². The molecule has 2 aliphatic heterocycles. The molecule has 65 heavy (non-hydrogen) atoms. The average molecular weight is 855 g/mol. The van der Waals surface area contributed by atoms with Crippen molar-refractivity contribution in [3.05, 3.63) is 181 Å². The standard InChI is InChI=1S/C64H75B/c1-38-30-48-56(43-24-22-41(59(3,4)5)33-45(43)40-20-18-17-19-21-40)47-36-52-53(64(15,16)29-28-63(52,13)14)37-55(47)65-54-25-23-42(60(6,7)8)34-46(54)57(49(31-38)58(48)65)44-35-51-50(32-39(44)2)61(9,10)26-27-62(51,11)12/h17-25,30-37,56-57H,26-29H2,1-16H3. The Hall–Kier alpha value is -4.62. The molecule has 2 heterocycles. The molecular weight excluding hydrogens is 780 g/mol. The van der Waals surface area contributed by atoms with Gasteiger partial charge in [0.25, 0.3) is 0 Å². The van der Waals surface area contributed by atoms with Crippen molar-refractivity contribution in [3.63, 3.8) is 0 Å². The summed E-state index contributed by atoms with van der Waals surface area (Å²) in [5, 5.41) is 0. The van der Waals surface area contributed by atoms with E-state index in [1.54, 1.807) is 27.7 Å². The predicted molar refractivity (Wildman–Crippen MR) is 282 cm³/mol. The summed E-state index contributed by atoms with van der Waals surface area (Å²) in [5.41, 5.74) is 28.4. The van der Waals surface area contributed by atoms with E-state index in [1.165, 1.54) is 103 Å². The molecule has 2 atom stereocenters. The SMILES string of the molecule is Cc1cc2c3c(c1)C(c1ccc(C(C)(C)C)cc1-c1ccccc1)c1cc4c(cc1B3c1ccc(C(C)(C)C)cc1C2c1cc2c(cc1C)C(C)(C)CCC2(C)C)C(C)(C)CCC4(C)C. The van der Waals surface area contributed by atoms with Crippen molar-refractivity contribution in [2.75, 3.05) is 0 Å². The maximum absolute atomic E-state index is 2.75. The van der Waals surface area contributed by atoms with Crippen LogP contribution in [0.1, 0.15) is 212 Å². The van der Waals surface area contributed by atoms with Crippen LogP contribution in [0.5, 0.6) is 0 Å². The van der Waals surface area contributed by atoms with Gasteiger partial charge in [0.15, 0.2) is 0 Å². The van der Waals surface area contributed by atoms with Crippen LogP contribution in [0.15, 0.2) is 103 Å². The Morgan fingerprint density at radius 1 is 0.431 bits per heavy atom. The van der Waals surface area contributed by atoms with E-state index < -0.39 is 0 Å². The van der Waals surface area contributed by atoms with E-state index in [4.69, 9.17) is 0 Å². The maximum Gasteiger partial charge on any atom is 0.242 e. The van der Waals surface area contributed by atoms with E-state index >= 15 is 0 Å². The first-order valence-electron chi connectivity index (χ1n) is 25.1. The van der Waals surface area contributed by atoms with Crippen molar-refractivity contribution in [3.8, 4) is 11.1 Å². The second kappa shape index (κ2) is 14.4. The van der Waals surface area contributed by atoms with Crippen LogP contribution < -0.4 is 16.4 Å². The number of hydrogen-bond donors (Lipinski definition) is 0. The molecule has 6 aromatic carbocycles. The van der Waals surface area contributed by atoms with Crippen LogP contribution in [0.3, 0.4) is 0 Å². The Morgan fingerprint density at radius 2 is 0.892 bits per heavy atom. The van der Waals surface area contributed by atoms with Crippen molar-refractivity contribution >= 4 is 23.1 Å². The van der Waals surface area contributed by atoms with E-state index in [0.717, 1.165) is 0 Å². The first-order valence-corrected chi connectivity index (χ1v) is 25.1. The Morgan fingerprint density at radius 3 is 1.45 bits per heavy atom. The van der Waals surface area contributed by atoms with E-state index in [2.05, 4.69) is 214 Å². The summed E-state index contributed by atoms with van der Waals surface area (Å²) in [6.45, 7) is 39.2. The van der Waals surface area contributed by atoms with Crippen LogP contribution >= 0.6 is 0 Å². The zero-order valence-electron chi connectivity index (χ0n) is 42.9. The normalized spacial score (nSPS) is 20.8. The summed E-state index contributed by atoms with van der Waals surface area (Å²) in [5.74, 6) is 0.195. The van der Waals surface area contributed by atoms with Gasteiger partial charge < -0.3 is 0 Å². The summed E-state index contributed by atoms with van der Waals surface area (Å²) < 4.78 is 0. The summed E-state index contributed by atoms with van der Waals surface area (Å²) >= 11 is 0. The predicted octanol–water partition coefficient (Wildman–Crippen LogP) is 14.8. The zero-order valence-corrected chi connectivity index (χ0v) is 42.9. The quantitative estimate of drug-likeness (QED) is 0.155. The molecule has 0 saturated carbocycles. The number of hydrogen-bond acceptors (Lipinski definition) is 0. The highest BCUT2D eigenvalue weighted by molar-refractivity contribution is 6.97. The molecule has 1 heteroatoms. The van der Waals surface area contributed by atoms with E-state index in [9.17, 15) is 0 Å². The van der Waals surface area contributed by atoms with Gasteiger partial charge in [0.05, 0.1) is 0 Å². The van der Waals surface area contributed by atoms with Gasteiger partial charge in [0.2, 0.25) is 6.71 Å². The minimum atomic E-state index is 0.0197. The molecule has 2 aliphatic carbocycles. The van der Waals surface area contributed by atoms with Gasteiger partial charge in [0.1, 0.15) is 0 Å². The molecule has 0 N–H and O–H groups in total. The number of benzene rings is 6. The Labute approximate surface area is 394 Å². The molecule has 334 valence electrons. The molecule has 6 aromatic rings. The molecule has 0 amide bonds. The van der Waals surface area contributed by atoms with E-state index in [0.29, 0.717) is 0 Å². The molecule has 0 bridgehead atoms. The number of aryl methyl sites for hydroxylation is 2. The van der Waals surface area contributed by atoms with Gasteiger partial charge in [-0.15, -0.1) is 0 Å². The molecule has 0 nitrogen and oxygen atoms in total. The van der Waals surface area contributed by atoms with Crippen molar-refractivity contribution in [2.45, 2.75) is 181 Å². The summed E-state index contributed by atoms with van der Waals surface area (Å²) in [7, 11) is 0. The van der Waals surface area contributed by atoms with Crippen molar-refractivity contribution in [2.24, 2.45) is 0 Å². The van der Waals surface area contributed by atoms with Gasteiger partial charge in [-0.2, -0.15) is 0 Å². The third-order valence-corrected chi connectivity index (χ3v) is 17.4.